The van der Waals surface area contributed by atoms with Gasteiger partial charge in [-0.25, -0.2) is 14.4 Å². The molecule has 0 unspecified atom stereocenters. The molecule has 3 rings (SSSR count). The first-order valence-electron chi connectivity index (χ1n) is 5.40. The summed E-state index contributed by atoms with van der Waals surface area (Å²) in [6, 6.07) is 8.62. The summed E-state index contributed by atoms with van der Waals surface area (Å²) < 4.78 is 16.5. The summed E-state index contributed by atoms with van der Waals surface area (Å²) >= 11 is 3.36. The Bertz CT molecular complexity index is 716. The topological polar surface area (TPSA) is 30.7 Å². The van der Waals surface area contributed by atoms with Gasteiger partial charge in [0, 0.05) is 17.7 Å². The largest absolute Gasteiger partial charge is 0.326 e. The van der Waals surface area contributed by atoms with Crippen molar-refractivity contribution in [1.29, 1.82) is 0 Å². The second-order valence-corrected chi connectivity index (χ2v) is 4.79. The van der Waals surface area contributed by atoms with E-state index in [1.165, 1.54) is 6.07 Å². The van der Waals surface area contributed by atoms with Crippen molar-refractivity contribution in [2.24, 2.45) is 7.05 Å². The molecule has 0 radical (unpaired) electrons. The van der Waals surface area contributed by atoms with E-state index in [1.807, 2.05) is 23.7 Å². The third kappa shape index (κ3) is 1.62. The highest BCUT2D eigenvalue weighted by molar-refractivity contribution is 9.10. The molecule has 0 aliphatic heterocycles. The maximum absolute atomic E-state index is 13.9. The van der Waals surface area contributed by atoms with Crippen molar-refractivity contribution in [3.63, 3.8) is 0 Å². The number of hydrogen-bond donors (Lipinski definition) is 0. The van der Waals surface area contributed by atoms with Crippen molar-refractivity contribution < 1.29 is 4.39 Å². The van der Waals surface area contributed by atoms with Crippen molar-refractivity contribution in [2.45, 2.75) is 0 Å². The van der Waals surface area contributed by atoms with Gasteiger partial charge in [0.1, 0.15) is 11.6 Å². The van der Waals surface area contributed by atoms with Gasteiger partial charge in [0.25, 0.3) is 0 Å². The molecule has 90 valence electrons. The number of halogens is 2. The molecule has 0 saturated heterocycles. The number of benzene rings is 1. The molecule has 0 N–H and O–H groups in total. The second kappa shape index (κ2) is 4.17. The van der Waals surface area contributed by atoms with E-state index in [-0.39, 0.29) is 5.82 Å². The highest BCUT2D eigenvalue weighted by Crippen LogP contribution is 2.31. The highest BCUT2D eigenvalue weighted by Gasteiger charge is 2.16. The fraction of sp³-hybridized carbons (Fsp3) is 0.0769. The molecular formula is C13H9BrFN3. The summed E-state index contributed by atoms with van der Waals surface area (Å²) in [5.41, 5.74) is 1.95. The molecule has 0 spiro atoms. The van der Waals surface area contributed by atoms with Gasteiger partial charge in [0.05, 0.1) is 11.1 Å². The van der Waals surface area contributed by atoms with E-state index < -0.39 is 0 Å². The Hall–Kier alpha value is -1.75. The molecule has 3 nitrogen and oxygen atoms in total. The summed E-state index contributed by atoms with van der Waals surface area (Å²) in [6.45, 7) is 0. The zero-order valence-corrected chi connectivity index (χ0v) is 11.1. The minimum absolute atomic E-state index is 0.303. The molecule has 0 amide bonds. The van der Waals surface area contributed by atoms with Crippen molar-refractivity contribution >= 4 is 27.1 Å². The van der Waals surface area contributed by atoms with Crippen LogP contribution in [0.5, 0.6) is 0 Å². The van der Waals surface area contributed by atoms with E-state index in [9.17, 15) is 4.39 Å². The molecule has 0 atom stereocenters. The fourth-order valence-corrected chi connectivity index (χ4v) is 2.48. The Morgan fingerprint density at radius 1 is 1.22 bits per heavy atom. The smallest absolute Gasteiger partial charge is 0.178 e. The molecule has 0 fully saturated rings. The van der Waals surface area contributed by atoms with E-state index in [4.69, 9.17) is 0 Å². The molecule has 1 aromatic carbocycles. The van der Waals surface area contributed by atoms with Gasteiger partial charge in [-0.3, -0.25) is 0 Å². The fourth-order valence-electron chi connectivity index (χ4n) is 1.96. The maximum atomic E-state index is 13.9. The third-order valence-electron chi connectivity index (χ3n) is 2.84. The van der Waals surface area contributed by atoms with Gasteiger partial charge in [0.2, 0.25) is 0 Å². The summed E-state index contributed by atoms with van der Waals surface area (Å²) in [7, 11) is 1.85. The predicted octanol–water partition coefficient (Wildman–Crippen LogP) is 3.54. The quantitative estimate of drug-likeness (QED) is 0.688. The maximum Gasteiger partial charge on any atom is 0.178 e. The van der Waals surface area contributed by atoms with Gasteiger partial charge in [-0.2, -0.15) is 0 Å². The van der Waals surface area contributed by atoms with Crippen LogP contribution in [0.25, 0.3) is 22.6 Å². The lowest BCUT2D eigenvalue weighted by Crippen LogP contribution is -1.95. The molecule has 0 aliphatic carbocycles. The van der Waals surface area contributed by atoms with E-state index in [1.54, 1.807) is 18.3 Å². The summed E-state index contributed by atoms with van der Waals surface area (Å²) in [5.74, 6) is 0.261. The summed E-state index contributed by atoms with van der Waals surface area (Å²) in [4.78, 5) is 8.56. The average molecular weight is 306 g/mol. The molecule has 18 heavy (non-hydrogen) atoms. The average Bonchev–Trinajstić information content (AvgIpc) is 2.68. The Morgan fingerprint density at radius 3 is 2.78 bits per heavy atom. The lowest BCUT2D eigenvalue weighted by atomic mass is 10.2. The first-order valence-corrected chi connectivity index (χ1v) is 6.19. The zero-order chi connectivity index (χ0) is 12.7. The Balaban J connectivity index is 2.36. The van der Waals surface area contributed by atoms with Crippen molar-refractivity contribution in [2.75, 3.05) is 0 Å². The van der Waals surface area contributed by atoms with Crippen molar-refractivity contribution in [3.8, 4) is 11.4 Å². The van der Waals surface area contributed by atoms with Crippen molar-refractivity contribution in [3.05, 3.63) is 46.8 Å². The zero-order valence-electron chi connectivity index (χ0n) is 9.56. The summed E-state index contributed by atoms with van der Waals surface area (Å²) in [5, 5.41) is 0. The van der Waals surface area contributed by atoms with Crippen LogP contribution < -0.4 is 0 Å². The van der Waals surface area contributed by atoms with Crippen LogP contribution in [-0.2, 0) is 7.05 Å². The first kappa shape index (κ1) is 11.3. The molecule has 0 saturated carbocycles. The van der Waals surface area contributed by atoms with Gasteiger partial charge in [-0.15, -0.1) is 0 Å². The molecular weight excluding hydrogens is 297 g/mol. The highest BCUT2D eigenvalue weighted by atomic mass is 79.9. The molecule has 2 heterocycles. The monoisotopic (exact) mass is 305 g/mol. The van der Waals surface area contributed by atoms with Crippen LogP contribution >= 0.6 is 15.9 Å². The van der Waals surface area contributed by atoms with E-state index in [0.717, 1.165) is 5.52 Å². The minimum atomic E-state index is -0.303. The van der Waals surface area contributed by atoms with Gasteiger partial charge >= 0.3 is 0 Å². The second-order valence-electron chi connectivity index (χ2n) is 3.94. The van der Waals surface area contributed by atoms with Crippen LogP contribution in [0.1, 0.15) is 0 Å². The number of aromatic nitrogens is 3. The number of rotatable bonds is 1. The van der Waals surface area contributed by atoms with Crippen LogP contribution in [0.2, 0.25) is 0 Å². The van der Waals surface area contributed by atoms with Gasteiger partial charge in [0.15, 0.2) is 5.65 Å². The molecule has 2 aromatic heterocycles. The van der Waals surface area contributed by atoms with Gasteiger partial charge in [-0.1, -0.05) is 6.07 Å². The van der Waals surface area contributed by atoms with Crippen LogP contribution in [0, 0.1) is 5.82 Å². The first-order chi connectivity index (χ1) is 8.68. The van der Waals surface area contributed by atoms with Crippen LogP contribution in [0.4, 0.5) is 4.39 Å². The van der Waals surface area contributed by atoms with E-state index >= 15 is 0 Å². The number of fused-ring (bicyclic) bond motifs is 1. The predicted molar refractivity (Wildman–Crippen MR) is 71.6 cm³/mol. The van der Waals surface area contributed by atoms with Crippen molar-refractivity contribution in [1.82, 2.24) is 14.5 Å². The van der Waals surface area contributed by atoms with Crippen LogP contribution in [-0.4, -0.2) is 14.5 Å². The molecule has 0 aliphatic rings. The van der Waals surface area contributed by atoms with Crippen LogP contribution in [0.15, 0.2) is 41.0 Å². The standard InChI is InChI=1S/C13H9BrFN3/c1-18-10-6-3-7-16-12(10)17-13(18)11-8(14)4-2-5-9(11)15/h2-7H,1H3. The minimum Gasteiger partial charge on any atom is -0.326 e. The Kier molecular flexibility index (Phi) is 2.63. The Morgan fingerprint density at radius 2 is 2.06 bits per heavy atom. The normalized spacial score (nSPS) is 11.1. The van der Waals surface area contributed by atoms with Crippen LogP contribution in [0.3, 0.4) is 0 Å². The van der Waals surface area contributed by atoms with E-state index in [2.05, 4.69) is 25.9 Å². The molecule has 3 aromatic rings. The van der Waals surface area contributed by atoms with Gasteiger partial charge in [-0.05, 0) is 40.2 Å². The number of hydrogen-bond acceptors (Lipinski definition) is 2. The molecule has 0 bridgehead atoms. The Labute approximate surface area is 111 Å². The third-order valence-corrected chi connectivity index (χ3v) is 3.50. The number of imidazole rings is 1. The summed E-state index contributed by atoms with van der Waals surface area (Å²) in [6.07, 6.45) is 1.68. The lowest BCUT2D eigenvalue weighted by molar-refractivity contribution is 0.628. The number of pyridine rings is 1. The SMILES string of the molecule is Cn1c(-c2c(F)cccc2Br)nc2ncccc21. The molecule has 5 heteroatoms. The number of aryl methyl sites for hydroxylation is 1. The number of nitrogens with zero attached hydrogens (tertiary/aromatic N) is 3. The lowest BCUT2D eigenvalue weighted by Gasteiger charge is -2.05. The van der Waals surface area contributed by atoms with E-state index in [0.29, 0.717) is 21.5 Å². The van der Waals surface area contributed by atoms with Gasteiger partial charge < -0.3 is 4.57 Å².